The van der Waals surface area contributed by atoms with Gasteiger partial charge in [-0.2, -0.15) is 0 Å². The number of nitrogens with one attached hydrogen (secondary N) is 1. The molecule has 0 saturated carbocycles. The summed E-state index contributed by atoms with van der Waals surface area (Å²) in [4.78, 5) is 8.27. The van der Waals surface area contributed by atoms with E-state index < -0.39 is 0 Å². The lowest BCUT2D eigenvalue weighted by Crippen LogP contribution is -2.33. The number of hydrogen-bond acceptors (Lipinski definition) is 4. The van der Waals surface area contributed by atoms with Crippen LogP contribution in [0.25, 0.3) is 4.96 Å². The van der Waals surface area contributed by atoms with E-state index in [9.17, 15) is 0 Å². The van der Waals surface area contributed by atoms with Crippen molar-refractivity contribution >= 4 is 22.1 Å². The molecule has 0 bridgehead atoms. The lowest BCUT2D eigenvalue weighted by atomic mass is 10.2. The summed E-state index contributed by atoms with van der Waals surface area (Å²) in [6.07, 6.45) is 3.24. The van der Waals surface area contributed by atoms with Crippen LogP contribution in [0.15, 0.2) is 11.6 Å². The third-order valence-corrected chi connectivity index (χ3v) is 4.18. The topological polar surface area (TPSA) is 32.6 Å². The number of thiazole rings is 1. The van der Waals surface area contributed by atoms with E-state index >= 15 is 0 Å². The molecule has 0 saturated heterocycles. The van der Waals surface area contributed by atoms with E-state index in [4.69, 9.17) is 4.98 Å². The minimum absolute atomic E-state index is 0.523. The molecule has 0 spiro atoms. The van der Waals surface area contributed by atoms with Gasteiger partial charge < -0.3 is 10.2 Å². The van der Waals surface area contributed by atoms with Gasteiger partial charge >= 0.3 is 0 Å². The summed E-state index contributed by atoms with van der Waals surface area (Å²) >= 11 is 1.69. The molecule has 100 valence electrons. The molecule has 2 aromatic rings. The maximum atomic E-state index is 4.80. The SMILES string of the molecule is CCC(C)N(CC)c1nc2sccn2c1CNC. The summed E-state index contributed by atoms with van der Waals surface area (Å²) in [6, 6.07) is 0.523. The van der Waals surface area contributed by atoms with Crippen LogP contribution in [0.5, 0.6) is 0 Å². The van der Waals surface area contributed by atoms with Gasteiger partial charge in [0.25, 0.3) is 0 Å². The second-order valence-corrected chi connectivity index (χ2v) is 5.38. The maximum Gasteiger partial charge on any atom is 0.195 e. The molecule has 0 fully saturated rings. The van der Waals surface area contributed by atoms with E-state index in [0.717, 1.165) is 30.3 Å². The zero-order valence-electron chi connectivity index (χ0n) is 11.6. The molecule has 18 heavy (non-hydrogen) atoms. The fraction of sp³-hybridized carbons (Fsp3) is 0.615. The highest BCUT2D eigenvalue weighted by molar-refractivity contribution is 7.15. The lowest BCUT2D eigenvalue weighted by Gasteiger charge is -2.28. The van der Waals surface area contributed by atoms with Gasteiger partial charge in [-0.25, -0.2) is 4.98 Å². The van der Waals surface area contributed by atoms with Crippen LogP contribution in [-0.2, 0) is 6.54 Å². The smallest absolute Gasteiger partial charge is 0.195 e. The van der Waals surface area contributed by atoms with E-state index in [1.54, 1.807) is 11.3 Å². The lowest BCUT2D eigenvalue weighted by molar-refractivity contribution is 0.618. The summed E-state index contributed by atoms with van der Waals surface area (Å²) in [5.41, 5.74) is 1.26. The minimum atomic E-state index is 0.523. The molecule has 0 aliphatic rings. The Balaban J connectivity index is 2.46. The van der Waals surface area contributed by atoms with E-state index in [0.29, 0.717) is 6.04 Å². The molecular formula is C13H22N4S. The highest BCUT2D eigenvalue weighted by Gasteiger charge is 2.20. The Morgan fingerprint density at radius 1 is 1.50 bits per heavy atom. The molecule has 0 aromatic carbocycles. The van der Waals surface area contributed by atoms with Crippen LogP contribution in [0.1, 0.15) is 32.9 Å². The molecule has 0 aliphatic carbocycles. The summed E-state index contributed by atoms with van der Waals surface area (Å²) in [7, 11) is 1.98. The Kier molecular flexibility index (Phi) is 4.24. The maximum absolute atomic E-state index is 4.80. The zero-order chi connectivity index (χ0) is 13.1. The molecule has 2 heterocycles. The Morgan fingerprint density at radius 3 is 2.89 bits per heavy atom. The van der Waals surface area contributed by atoms with Gasteiger partial charge in [-0.1, -0.05) is 6.92 Å². The Morgan fingerprint density at radius 2 is 2.28 bits per heavy atom. The number of rotatable bonds is 6. The van der Waals surface area contributed by atoms with Crippen molar-refractivity contribution < 1.29 is 0 Å². The number of anilines is 1. The largest absolute Gasteiger partial charge is 0.353 e. The number of imidazole rings is 1. The molecule has 1 unspecified atom stereocenters. The van der Waals surface area contributed by atoms with Gasteiger partial charge in [0, 0.05) is 30.7 Å². The monoisotopic (exact) mass is 266 g/mol. The van der Waals surface area contributed by atoms with Crippen LogP contribution in [0.3, 0.4) is 0 Å². The van der Waals surface area contributed by atoms with Crippen molar-refractivity contribution in [2.45, 2.75) is 39.8 Å². The average molecular weight is 266 g/mol. The molecule has 2 rings (SSSR count). The van der Waals surface area contributed by atoms with Crippen molar-refractivity contribution in [3.63, 3.8) is 0 Å². The summed E-state index contributed by atoms with van der Waals surface area (Å²) in [6.45, 7) is 8.53. The molecule has 0 aliphatic heterocycles. The van der Waals surface area contributed by atoms with Crippen molar-refractivity contribution in [2.24, 2.45) is 0 Å². The summed E-state index contributed by atoms with van der Waals surface area (Å²) < 4.78 is 2.20. The number of fused-ring (bicyclic) bond motifs is 1. The van der Waals surface area contributed by atoms with Gasteiger partial charge in [0.05, 0.1) is 5.69 Å². The van der Waals surface area contributed by atoms with Gasteiger partial charge in [0.1, 0.15) is 0 Å². The normalized spacial score (nSPS) is 13.1. The quantitative estimate of drug-likeness (QED) is 0.872. The van der Waals surface area contributed by atoms with Crippen LogP contribution in [-0.4, -0.2) is 29.0 Å². The summed E-state index contributed by atoms with van der Waals surface area (Å²) in [5.74, 6) is 1.13. The highest BCUT2D eigenvalue weighted by Crippen LogP contribution is 2.26. The molecule has 1 N–H and O–H groups in total. The first-order valence-electron chi connectivity index (χ1n) is 6.58. The zero-order valence-corrected chi connectivity index (χ0v) is 12.4. The first-order chi connectivity index (χ1) is 8.72. The van der Waals surface area contributed by atoms with Crippen molar-refractivity contribution in [1.29, 1.82) is 0 Å². The van der Waals surface area contributed by atoms with Gasteiger partial charge in [-0.15, -0.1) is 11.3 Å². The Hall–Kier alpha value is -1.07. The van der Waals surface area contributed by atoms with Gasteiger partial charge in [-0.05, 0) is 27.3 Å². The Bertz CT molecular complexity index is 502. The van der Waals surface area contributed by atoms with E-state index in [2.05, 4.69) is 47.0 Å². The fourth-order valence-corrected chi connectivity index (χ4v) is 3.00. The molecule has 2 aromatic heterocycles. The Labute approximate surface area is 113 Å². The van der Waals surface area contributed by atoms with E-state index in [1.165, 1.54) is 5.69 Å². The van der Waals surface area contributed by atoms with Gasteiger partial charge in [0.15, 0.2) is 10.8 Å². The van der Waals surface area contributed by atoms with Crippen LogP contribution >= 0.6 is 11.3 Å². The van der Waals surface area contributed by atoms with Crippen molar-refractivity contribution in [3.05, 3.63) is 17.3 Å². The molecular weight excluding hydrogens is 244 g/mol. The standard InChI is InChI=1S/C13H22N4S/c1-5-10(3)16(6-2)12-11(9-14-4)17-7-8-18-13(17)15-12/h7-8,10,14H,5-6,9H2,1-4H3. The predicted molar refractivity (Wildman–Crippen MR) is 78.6 cm³/mol. The third kappa shape index (κ3) is 2.24. The predicted octanol–water partition coefficient (Wildman–Crippen LogP) is 2.74. The molecule has 4 nitrogen and oxygen atoms in total. The van der Waals surface area contributed by atoms with Crippen molar-refractivity contribution in [1.82, 2.24) is 14.7 Å². The van der Waals surface area contributed by atoms with Crippen LogP contribution < -0.4 is 10.2 Å². The summed E-state index contributed by atoms with van der Waals surface area (Å²) in [5, 5.41) is 5.33. The van der Waals surface area contributed by atoms with Crippen LogP contribution in [0.4, 0.5) is 5.82 Å². The van der Waals surface area contributed by atoms with E-state index in [-0.39, 0.29) is 0 Å². The number of aromatic nitrogens is 2. The molecule has 0 amide bonds. The second kappa shape index (κ2) is 5.71. The molecule has 0 radical (unpaired) electrons. The second-order valence-electron chi connectivity index (χ2n) is 4.51. The van der Waals surface area contributed by atoms with E-state index in [1.807, 2.05) is 7.05 Å². The first kappa shape index (κ1) is 13.4. The first-order valence-corrected chi connectivity index (χ1v) is 7.46. The van der Waals surface area contributed by atoms with Crippen molar-refractivity contribution in [3.8, 4) is 0 Å². The third-order valence-electron chi connectivity index (χ3n) is 3.42. The minimum Gasteiger partial charge on any atom is -0.353 e. The molecule has 1 atom stereocenters. The van der Waals surface area contributed by atoms with Crippen LogP contribution in [0.2, 0.25) is 0 Å². The number of hydrogen-bond donors (Lipinski definition) is 1. The van der Waals surface area contributed by atoms with Crippen molar-refractivity contribution in [2.75, 3.05) is 18.5 Å². The molecule has 5 heteroatoms. The fourth-order valence-electron chi connectivity index (χ4n) is 2.27. The van der Waals surface area contributed by atoms with Crippen LogP contribution in [0, 0.1) is 0 Å². The van der Waals surface area contributed by atoms with Gasteiger partial charge in [-0.3, -0.25) is 4.40 Å². The number of nitrogens with zero attached hydrogens (tertiary/aromatic N) is 3. The highest BCUT2D eigenvalue weighted by atomic mass is 32.1. The average Bonchev–Trinajstić information content (AvgIpc) is 2.94. The van der Waals surface area contributed by atoms with Gasteiger partial charge in [0.2, 0.25) is 0 Å².